The Morgan fingerprint density at radius 2 is 1.56 bits per heavy atom. The molecule has 6 nitrogen and oxygen atoms in total. The van der Waals surface area contributed by atoms with E-state index < -0.39 is 0 Å². The van der Waals surface area contributed by atoms with Crippen molar-refractivity contribution in [3.05, 3.63) is 63.7 Å². The lowest BCUT2D eigenvalue weighted by Gasteiger charge is -2.35. The van der Waals surface area contributed by atoms with Crippen molar-refractivity contribution in [2.24, 2.45) is 0 Å². The molecule has 172 valence electrons. The number of likely N-dealkylation sites (N-methyl/N-ethyl adjacent to an activating group) is 1. The second-order valence-electron chi connectivity index (χ2n) is 8.78. The van der Waals surface area contributed by atoms with E-state index in [9.17, 15) is 9.59 Å². The first kappa shape index (κ1) is 24.2. The molecule has 32 heavy (non-hydrogen) atoms. The molecule has 2 amide bonds. The van der Waals surface area contributed by atoms with Gasteiger partial charge < -0.3 is 10.2 Å². The zero-order valence-corrected chi connectivity index (χ0v) is 20.2. The number of carbonyl (C=O) groups is 2. The van der Waals surface area contributed by atoms with E-state index in [0.29, 0.717) is 13.1 Å². The molecule has 3 rings (SSSR count). The van der Waals surface area contributed by atoms with Crippen molar-refractivity contribution >= 4 is 29.1 Å². The lowest BCUT2D eigenvalue weighted by molar-refractivity contribution is -0.134. The third kappa shape index (κ3) is 6.79. The van der Waals surface area contributed by atoms with Crippen molar-refractivity contribution in [2.75, 3.05) is 51.6 Å². The zero-order chi connectivity index (χ0) is 23.3. The average Bonchev–Trinajstić information content (AvgIpc) is 2.72. The Labute approximate surface area is 196 Å². The zero-order valence-electron chi connectivity index (χ0n) is 19.4. The fraction of sp³-hybridized carbons (Fsp3) is 0.440. The fourth-order valence-corrected chi connectivity index (χ4v) is 4.32. The number of hydrogen-bond donors (Lipinski definition) is 1. The maximum Gasteiger partial charge on any atom is 0.238 e. The predicted molar refractivity (Wildman–Crippen MR) is 130 cm³/mol. The number of nitrogens with zero attached hydrogens (tertiary/aromatic N) is 3. The molecule has 2 aromatic carbocycles. The molecule has 2 aromatic rings. The van der Waals surface area contributed by atoms with Gasteiger partial charge in [0.2, 0.25) is 11.8 Å². The summed E-state index contributed by atoms with van der Waals surface area (Å²) >= 11 is 5.95. The SMILES string of the molecule is Cc1cc(C)c(NC(=O)CN(C)CC(=O)N2CCN(Cc3ccc(Cl)cc3)CC2)c(C)c1. The topological polar surface area (TPSA) is 55.9 Å². The van der Waals surface area contributed by atoms with E-state index in [0.717, 1.165) is 41.5 Å². The summed E-state index contributed by atoms with van der Waals surface area (Å²) in [6, 6.07) is 12.0. The van der Waals surface area contributed by atoms with Crippen molar-refractivity contribution in [3.63, 3.8) is 0 Å². The van der Waals surface area contributed by atoms with Crippen molar-refractivity contribution in [1.29, 1.82) is 0 Å². The second-order valence-corrected chi connectivity index (χ2v) is 9.21. The Bertz CT molecular complexity index is 930. The van der Waals surface area contributed by atoms with E-state index in [2.05, 4.69) is 22.3 Å². The number of anilines is 1. The van der Waals surface area contributed by atoms with Gasteiger partial charge >= 0.3 is 0 Å². The minimum absolute atomic E-state index is 0.0640. The van der Waals surface area contributed by atoms with Gasteiger partial charge in [0, 0.05) is 43.4 Å². The smallest absolute Gasteiger partial charge is 0.238 e. The standard InChI is InChI=1S/C25H33ClN4O2/c1-18-13-19(2)25(20(3)14-18)27-23(31)16-28(4)17-24(32)30-11-9-29(10-12-30)15-21-5-7-22(26)8-6-21/h5-8,13-14H,9-12,15-17H2,1-4H3,(H,27,31). The molecule has 0 unspecified atom stereocenters. The summed E-state index contributed by atoms with van der Waals surface area (Å²) in [6.45, 7) is 10.4. The Morgan fingerprint density at radius 1 is 0.969 bits per heavy atom. The Balaban J connectivity index is 1.43. The average molecular weight is 457 g/mol. The number of nitrogens with one attached hydrogen (secondary N) is 1. The summed E-state index contributed by atoms with van der Waals surface area (Å²) in [5.41, 5.74) is 5.35. The highest BCUT2D eigenvalue weighted by atomic mass is 35.5. The first-order valence-electron chi connectivity index (χ1n) is 11.0. The molecule has 1 heterocycles. The number of aryl methyl sites for hydroxylation is 3. The predicted octanol–water partition coefficient (Wildman–Crippen LogP) is 3.48. The maximum absolute atomic E-state index is 12.7. The highest BCUT2D eigenvalue weighted by Crippen LogP contribution is 2.21. The number of benzene rings is 2. The van der Waals surface area contributed by atoms with Gasteiger partial charge in [0.25, 0.3) is 0 Å². The minimum atomic E-state index is -0.108. The van der Waals surface area contributed by atoms with Gasteiger partial charge in [-0.25, -0.2) is 0 Å². The Kier molecular flexibility index (Phi) is 8.29. The summed E-state index contributed by atoms with van der Waals surface area (Å²) in [7, 11) is 1.81. The molecule has 1 fully saturated rings. The molecule has 0 aliphatic carbocycles. The van der Waals surface area contributed by atoms with Crippen LogP contribution in [0.4, 0.5) is 5.69 Å². The fourth-order valence-electron chi connectivity index (χ4n) is 4.19. The molecule has 0 aromatic heterocycles. The van der Waals surface area contributed by atoms with Crippen LogP contribution in [-0.2, 0) is 16.1 Å². The van der Waals surface area contributed by atoms with Crippen LogP contribution in [-0.4, -0.2) is 72.8 Å². The highest BCUT2D eigenvalue weighted by molar-refractivity contribution is 6.30. The summed E-state index contributed by atoms with van der Waals surface area (Å²) in [5.74, 6) is -0.0442. The second kappa shape index (κ2) is 10.9. The van der Waals surface area contributed by atoms with Crippen LogP contribution in [0.3, 0.4) is 0 Å². The van der Waals surface area contributed by atoms with E-state index in [1.165, 1.54) is 11.1 Å². The first-order chi connectivity index (χ1) is 15.2. The van der Waals surface area contributed by atoms with E-state index in [4.69, 9.17) is 11.6 Å². The van der Waals surface area contributed by atoms with Gasteiger partial charge in [-0.05, 0) is 56.6 Å². The number of rotatable bonds is 7. The quantitative estimate of drug-likeness (QED) is 0.693. The van der Waals surface area contributed by atoms with Crippen molar-refractivity contribution in [2.45, 2.75) is 27.3 Å². The molecule has 0 bridgehead atoms. The van der Waals surface area contributed by atoms with Gasteiger partial charge in [-0.3, -0.25) is 19.4 Å². The Morgan fingerprint density at radius 3 is 2.16 bits per heavy atom. The number of hydrogen-bond acceptors (Lipinski definition) is 4. The molecular weight excluding hydrogens is 424 g/mol. The van der Waals surface area contributed by atoms with E-state index in [1.807, 2.05) is 57.0 Å². The normalized spacial score (nSPS) is 14.6. The largest absolute Gasteiger partial charge is 0.339 e. The molecule has 1 aliphatic heterocycles. The van der Waals surface area contributed by atoms with Gasteiger partial charge in [-0.1, -0.05) is 41.4 Å². The minimum Gasteiger partial charge on any atom is -0.339 e. The van der Waals surface area contributed by atoms with Crippen LogP contribution in [0.1, 0.15) is 22.3 Å². The Hall–Kier alpha value is -2.41. The summed E-state index contributed by atoms with van der Waals surface area (Å²) in [5, 5.41) is 3.74. The third-order valence-electron chi connectivity index (χ3n) is 5.80. The molecular formula is C25H33ClN4O2. The number of piperazine rings is 1. The third-order valence-corrected chi connectivity index (χ3v) is 6.06. The van der Waals surface area contributed by atoms with E-state index in [1.54, 1.807) is 4.90 Å². The van der Waals surface area contributed by atoms with Gasteiger partial charge in [0.05, 0.1) is 13.1 Å². The van der Waals surface area contributed by atoms with Crippen molar-refractivity contribution in [3.8, 4) is 0 Å². The molecule has 7 heteroatoms. The summed E-state index contributed by atoms with van der Waals surface area (Å²) < 4.78 is 0. The number of halogens is 1. The molecule has 1 saturated heterocycles. The van der Waals surface area contributed by atoms with Crippen molar-refractivity contribution < 1.29 is 9.59 Å². The van der Waals surface area contributed by atoms with Gasteiger partial charge in [-0.2, -0.15) is 0 Å². The number of carbonyl (C=O) groups excluding carboxylic acids is 2. The van der Waals surface area contributed by atoms with Crippen molar-refractivity contribution in [1.82, 2.24) is 14.7 Å². The van der Waals surface area contributed by atoms with Crippen LogP contribution >= 0.6 is 11.6 Å². The van der Waals surface area contributed by atoms with Gasteiger partial charge in [0.1, 0.15) is 0 Å². The van der Waals surface area contributed by atoms with Gasteiger partial charge in [0.15, 0.2) is 0 Å². The summed E-state index contributed by atoms with van der Waals surface area (Å²) in [4.78, 5) is 31.2. The van der Waals surface area contributed by atoms with E-state index in [-0.39, 0.29) is 24.9 Å². The molecule has 0 atom stereocenters. The van der Waals surface area contributed by atoms with Gasteiger partial charge in [-0.15, -0.1) is 0 Å². The lowest BCUT2D eigenvalue weighted by atomic mass is 10.1. The van der Waals surface area contributed by atoms with Crippen LogP contribution in [0.2, 0.25) is 5.02 Å². The molecule has 0 spiro atoms. The van der Waals surface area contributed by atoms with Crippen LogP contribution in [0.25, 0.3) is 0 Å². The summed E-state index contributed by atoms with van der Waals surface area (Å²) in [6.07, 6.45) is 0. The monoisotopic (exact) mass is 456 g/mol. The molecule has 0 radical (unpaired) electrons. The van der Waals surface area contributed by atoms with Crippen LogP contribution in [0.15, 0.2) is 36.4 Å². The molecule has 0 saturated carbocycles. The van der Waals surface area contributed by atoms with Crippen LogP contribution in [0.5, 0.6) is 0 Å². The first-order valence-corrected chi connectivity index (χ1v) is 11.4. The lowest BCUT2D eigenvalue weighted by Crippen LogP contribution is -2.51. The highest BCUT2D eigenvalue weighted by Gasteiger charge is 2.22. The maximum atomic E-state index is 12.7. The molecule has 1 aliphatic rings. The number of amides is 2. The van der Waals surface area contributed by atoms with Crippen LogP contribution < -0.4 is 5.32 Å². The molecule has 1 N–H and O–H groups in total. The van der Waals surface area contributed by atoms with Crippen LogP contribution in [0, 0.1) is 20.8 Å². The van der Waals surface area contributed by atoms with E-state index >= 15 is 0 Å².